The summed E-state index contributed by atoms with van der Waals surface area (Å²) in [6.07, 6.45) is 1.49. The fourth-order valence-electron chi connectivity index (χ4n) is 0.930. The molecule has 0 saturated carbocycles. The molecule has 7 heteroatoms. The summed E-state index contributed by atoms with van der Waals surface area (Å²) in [6, 6.07) is 0. The van der Waals surface area contributed by atoms with Gasteiger partial charge in [-0.25, -0.2) is 9.78 Å². The summed E-state index contributed by atoms with van der Waals surface area (Å²) in [7, 11) is 0. The summed E-state index contributed by atoms with van der Waals surface area (Å²) in [5.74, 6) is -0.549. The van der Waals surface area contributed by atoms with Gasteiger partial charge in [-0.15, -0.1) is 0 Å². The summed E-state index contributed by atoms with van der Waals surface area (Å²) in [4.78, 5) is 19.7. The number of nitrogens with zero attached hydrogens (tertiary/aromatic N) is 2. The number of hydrogen-bond acceptors (Lipinski definition) is 5. The lowest BCUT2D eigenvalue weighted by atomic mass is 10.4. The van der Waals surface area contributed by atoms with E-state index >= 15 is 0 Å². The third-order valence-electron chi connectivity index (χ3n) is 1.53. The van der Waals surface area contributed by atoms with E-state index in [9.17, 15) is 4.79 Å². The van der Waals surface area contributed by atoms with Crippen LogP contribution in [0.2, 0.25) is 0 Å². The zero-order valence-corrected chi connectivity index (χ0v) is 9.58. The number of carbonyl (C=O) groups is 1. The number of esters is 1. The molecule has 4 N–H and O–H groups in total. The van der Waals surface area contributed by atoms with Crippen molar-refractivity contribution in [2.75, 3.05) is 6.61 Å². The molecule has 1 heterocycles. The van der Waals surface area contributed by atoms with E-state index in [2.05, 4.69) is 16.6 Å². The van der Waals surface area contributed by atoms with E-state index in [4.69, 9.17) is 16.2 Å². The normalized spacial score (nSPS) is 9.56. The topological polar surface area (TPSA) is 104 Å². The molecule has 0 aliphatic rings. The van der Waals surface area contributed by atoms with Crippen LogP contribution >= 0.6 is 11.3 Å². The van der Waals surface area contributed by atoms with Gasteiger partial charge >= 0.3 is 5.97 Å². The Morgan fingerprint density at radius 1 is 1.69 bits per heavy atom. The number of rotatable bonds is 4. The molecule has 0 fully saturated rings. The molecular formula is C9H12N4O2S. The minimum atomic E-state index is -0.452. The van der Waals surface area contributed by atoms with Gasteiger partial charge in [-0.1, -0.05) is 24.0 Å². The maximum Gasteiger partial charge on any atom is 0.350 e. The number of hydrogen-bond donors (Lipinski definition) is 2. The first-order valence-electron chi connectivity index (χ1n) is 4.39. The highest BCUT2D eigenvalue weighted by molar-refractivity contribution is 7.17. The van der Waals surface area contributed by atoms with E-state index in [0.717, 1.165) is 11.3 Å². The predicted octanol–water partition coefficient (Wildman–Crippen LogP) is 0.699. The number of thiazole rings is 1. The van der Waals surface area contributed by atoms with Crippen LogP contribution < -0.4 is 11.5 Å². The van der Waals surface area contributed by atoms with E-state index in [1.165, 1.54) is 6.08 Å². The van der Waals surface area contributed by atoms with Crippen LogP contribution in [-0.2, 0) is 4.74 Å². The van der Waals surface area contributed by atoms with Crippen molar-refractivity contribution in [1.82, 2.24) is 4.98 Å². The molecule has 86 valence electrons. The summed E-state index contributed by atoms with van der Waals surface area (Å²) in [5.41, 5.74) is 11.0. The SMILES string of the molecule is C=CCOC(=O)c1sc(N=C(N)N)nc1C. The number of nitrogens with two attached hydrogens (primary N) is 2. The van der Waals surface area contributed by atoms with E-state index in [1.807, 2.05) is 0 Å². The molecule has 16 heavy (non-hydrogen) atoms. The lowest BCUT2D eigenvalue weighted by Gasteiger charge is -1.98. The van der Waals surface area contributed by atoms with Crippen molar-refractivity contribution in [2.24, 2.45) is 16.5 Å². The minimum absolute atomic E-state index is 0.0974. The maximum absolute atomic E-state index is 11.5. The van der Waals surface area contributed by atoms with Crippen molar-refractivity contribution in [3.05, 3.63) is 23.2 Å². The van der Waals surface area contributed by atoms with Crippen LogP contribution in [0, 0.1) is 6.92 Å². The quantitative estimate of drug-likeness (QED) is 0.349. The summed E-state index contributed by atoms with van der Waals surface area (Å²) in [6.45, 7) is 5.30. The Morgan fingerprint density at radius 2 is 2.38 bits per heavy atom. The predicted molar refractivity (Wildman–Crippen MR) is 62.8 cm³/mol. The van der Waals surface area contributed by atoms with E-state index in [1.54, 1.807) is 6.92 Å². The van der Waals surface area contributed by atoms with Crippen LogP contribution in [0.25, 0.3) is 0 Å². The van der Waals surface area contributed by atoms with Crippen LogP contribution in [0.1, 0.15) is 15.4 Å². The molecule has 1 aromatic heterocycles. The number of aliphatic imine (C=N–C) groups is 1. The molecule has 0 bridgehead atoms. The molecule has 0 spiro atoms. The van der Waals surface area contributed by atoms with Crippen molar-refractivity contribution in [2.45, 2.75) is 6.92 Å². The second kappa shape index (κ2) is 5.26. The number of aromatic nitrogens is 1. The Kier molecular flexibility index (Phi) is 4.01. The third kappa shape index (κ3) is 3.06. The number of ether oxygens (including phenoxy) is 1. The smallest absolute Gasteiger partial charge is 0.350 e. The van der Waals surface area contributed by atoms with Gasteiger partial charge in [0.05, 0.1) is 5.69 Å². The second-order valence-corrected chi connectivity index (χ2v) is 3.81. The van der Waals surface area contributed by atoms with Gasteiger partial charge in [0.2, 0.25) is 5.13 Å². The average Bonchev–Trinajstić information content (AvgIpc) is 2.54. The molecule has 1 rings (SSSR count). The van der Waals surface area contributed by atoms with E-state index in [0.29, 0.717) is 15.7 Å². The van der Waals surface area contributed by atoms with Gasteiger partial charge < -0.3 is 16.2 Å². The summed E-state index contributed by atoms with van der Waals surface area (Å²) < 4.78 is 4.88. The zero-order valence-electron chi connectivity index (χ0n) is 8.77. The van der Waals surface area contributed by atoms with Crippen LogP contribution in [0.5, 0.6) is 0 Å². The van der Waals surface area contributed by atoms with Crippen molar-refractivity contribution in [1.29, 1.82) is 0 Å². The Balaban J connectivity index is 2.89. The Morgan fingerprint density at radius 3 is 2.94 bits per heavy atom. The third-order valence-corrected chi connectivity index (χ3v) is 2.56. The first-order chi connectivity index (χ1) is 7.54. The summed E-state index contributed by atoms with van der Waals surface area (Å²) in [5, 5.41) is 0.336. The number of aryl methyl sites for hydroxylation is 1. The molecular weight excluding hydrogens is 228 g/mol. The number of guanidine groups is 1. The highest BCUT2D eigenvalue weighted by Gasteiger charge is 2.16. The molecule has 6 nitrogen and oxygen atoms in total. The molecule has 0 radical (unpaired) electrons. The van der Waals surface area contributed by atoms with Gasteiger partial charge in [-0.05, 0) is 6.92 Å². The van der Waals surface area contributed by atoms with Crippen molar-refractivity contribution < 1.29 is 9.53 Å². The van der Waals surface area contributed by atoms with E-state index < -0.39 is 5.97 Å². The molecule has 0 aliphatic carbocycles. The van der Waals surface area contributed by atoms with Gasteiger partial charge in [-0.3, -0.25) is 0 Å². The van der Waals surface area contributed by atoms with Gasteiger partial charge in [0.1, 0.15) is 11.5 Å². The minimum Gasteiger partial charge on any atom is -0.457 e. The van der Waals surface area contributed by atoms with Crippen LogP contribution in [0.3, 0.4) is 0 Å². The lowest BCUT2D eigenvalue weighted by Crippen LogP contribution is -2.21. The molecule has 1 aromatic rings. The van der Waals surface area contributed by atoms with Crippen molar-refractivity contribution in [3.63, 3.8) is 0 Å². The van der Waals surface area contributed by atoms with Crippen LogP contribution in [0.15, 0.2) is 17.6 Å². The highest BCUT2D eigenvalue weighted by atomic mass is 32.1. The average molecular weight is 240 g/mol. The van der Waals surface area contributed by atoms with Gasteiger partial charge in [-0.2, -0.15) is 4.99 Å². The zero-order chi connectivity index (χ0) is 12.1. The Hall–Kier alpha value is -1.89. The lowest BCUT2D eigenvalue weighted by molar-refractivity contribution is 0.0554. The second-order valence-electron chi connectivity index (χ2n) is 2.83. The molecule has 0 aliphatic heterocycles. The largest absolute Gasteiger partial charge is 0.457 e. The number of carbonyl (C=O) groups excluding carboxylic acids is 1. The van der Waals surface area contributed by atoms with Gasteiger partial charge in [0, 0.05) is 0 Å². The summed E-state index contributed by atoms with van der Waals surface area (Å²) >= 11 is 1.08. The molecule has 0 aromatic carbocycles. The standard InChI is InChI=1S/C9H12N4O2S/c1-3-4-15-7(14)6-5(2)12-9(16-6)13-8(10)11/h3H,1,4H2,2H3,(H4,10,11,12,13). The molecule has 0 amide bonds. The fourth-order valence-corrected chi connectivity index (χ4v) is 1.78. The van der Waals surface area contributed by atoms with E-state index in [-0.39, 0.29) is 12.6 Å². The fraction of sp³-hybridized carbons (Fsp3) is 0.222. The van der Waals surface area contributed by atoms with Gasteiger partial charge in [0.15, 0.2) is 5.96 Å². The first kappa shape index (κ1) is 12.2. The van der Waals surface area contributed by atoms with Gasteiger partial charge in [0.25, 0.3) is 0 Å². The first-order valence-corrected chi connectivity index (χ1v) is 5.21. The Bertz CT molecular complexity index is 435. The van der Waals surface area contributed by atoms with Crippen molar-refractivity contribution in [3.8, 4) is 0 Å². The van der Waals surface area contributed by atoms with Crippen LogP contribution in [-0.4, -0.2) is 23.5 Å². The Labute approximate surface area is 96.6 Å². The molecule has 0 unspecified atom stereocenters. The molecule has 0 atom stereocenters. The van der Waals surface area contributed by atoms with Crippen molar-refractivity contribution >= 4 is 28.4 Å². The molecule has 0 saturated heterocycles. The highest BCUT2D eigenvalue weighted by Crippen LogP contribution is 2.25. The van der Waals surface area contributed by atoms with Crippen LogP contribution in [0.4, 0.5) is 5.13 Å². The monoisotopic (exact) mass is 240 g/mol. The maximum atomic E-state index is 11.5.